The first kappa shape index (κ1) is 21.4. The van der Waals surface area contributed by atoms with E-state index in [2.05, 4.69) is 25.0 Å². The van der Waals surface area contributed by atoms with Gasteiger partial charge in [-0.05, 0) is 26.0 Å². The quantitative estimate of drug-likeness (QED) is 0.381. The number of ether oxygens (including phenoxy) is 2. The van der Waals surface area contributed by atoms with Gasteiger partial charge in [-0.25, -0.2) is 9.59 Å². The van der Waals surface area contributed by atoms with Crippen LogP contribution < -0.4 is 0 Å². The van der Waals surface area contributed by atoms with E-state index in [9.17, 15) is 9.59 Å². The number of aromatic nitrogens is 2. The van der Waals surface area contributed by atoms with Crippen LogP contribution in [0.15, 0.2) is 67.5 Å². The van der Waals surface area contributed by atoms with E-state index in [1.165, 1.54) is 14.2 Å². The molecule has 0 saturated carbocycles. The summed E-state index contributed by atoms with van der Waals surface area (Å²) in [4.78, 5) is 24.7. The van der Waals surface area contributed by atoms with E-state index < -0.39 is 5.54 Å². The van der Waals surface area contributed by atoms with Crippen molar-refractivity contribution in [2.75, 3.05) is 14.2 Å². The number of esters is 2. The minimum atomic E-state index is -0.417. The molecule has 0 amide bonds. The zero-order chi connectivity index (χ0) is 23.0. The molecule has 4 rings (SSSR count). The lowest BCUT2D eigenvalue weighted by Crippen LogP contribution is -2.26. The van der Waals surface area contributed by atoms with Gasteiger partial charge in [-0.3, -0.25) is 0 Å². The van der Waals surface area contributed by atoms with Crippen molar-refractivity contribution in [2.45, 2.75) is 25.8 Å². The number of hydrogen-bond acceptors (Lipinski definition) is 4. The van der Waals surface area contributed by atoms with E-state index in [1.807, 2.05) is 59.3 Å². The molecular formula is C26H26N2O4. The molecule has 0 saturated heterocycles. The maximum Gasteiger partial charge on any atom is 0.340 e. The standard InChI is InChI=1S/C26H26N2O4/c1-17(27-15-20(24(29)31-4)18-10-6-8-12-22(18)27)14-26(2,3)28-16-21(25(30)32-5)19-11-7-9-13-23(19)28/h6-13,15-16H,1,14H2,2-5H3. The van der Waals surface area contributed by atoms with Crippen LogP contribution in [0, 0.1) is 0 Å². The minimum Gasteiger partial charge on any atom is -0.465 e. The Morgan fingerprint density at radius 3 is 1.94 bits per heavy atom. The number of benzene rings is 2. The number of rotatable bonds is 6. The average molecular weight is 431 g/mol. The molecule has 0 bridgehead atoms. The molecule has 6 heteroatoms. The summed E-state index contributed by atoms with van der Waals surface area (Å²) in [6, 6.07) is 15.5. The summed E-state index contributed by atoms with van der Waals surface area (Å²) in [6.07, 6.45) is 4.20. The van der Waals surface area contributed by atoms with Crippen molar-refractivity contribution in [1.82, 2.24) is 9.13 Å². The molecule has 0 atom stereocenters. The lowest BCUT2D eigenvalue weighted by molar-refractivity contribution is 0.0593. The van der Waals surface area contributed by atoms with Crippen molar-refractivity contribution in [1.29, 1.82) is 0 Å². The Morgan fingerprint density at radius 2 is 1.34 bits per heavy atom. The summed E-state index contributed by atoms with van der Waals surface area (Å²) in [5, 5.41) is 1.66. The number of para-hydroxylation sites is 2. The molecule has 0 radical (unpaired) electrons. The molecule has 0 fully saturated rings. The highest BCUT2D eigenvalue weighted by Gasteiger charge is 2.27. The number of nitrogens with zero attached hydrogens (tertiary/aromatic N) is 2. The second-order valence-corrected chi connectivity index (χ2v) is 8.40. The predicted molar refractivity (Wildman–Crippen MR) is 126 cm³/mol. The highest BCUT2D eigenvalue weighted by atomic mass is 16.5. The van der Waals surface area contributed by atoms with E-state index in [4.69, 9.17) is 9.47 Å². The third kappa shape index (κ3) is 3.47. The molecule has 0 aliphatic heterocycles. The molecule has 32 heavy (non-hydrogen) atoms. The topological polar surface area (TPSA) is 62.5 Å². The van der Waals surface area contributed by atoms with Gasteiger partial charge in [0, 0.05) is 46.3 Å². The van der Waals surface area contributed by atoms with Crippen molar-refractivity contribution in [2.24, 2.45) is 0 Å². The Hall–Kier alpha value is -3.80. The van der Waals surface area contributed by atoms with Gasteiger partial charge in [-0.1, -0.05) is 43.0 Å². The summed E-state index contributed by atoms with van der Waals surface area (Å²) in [5.41, 5.74) is 3.26. The maximum absolute atomic E-state index is 12.4. The van der Waals surface area contributed by atoms with Crippen molar-refractivity contribution in [3.63, 3.8) is 0 Å². The molecule has 0 N–H and O–H groups in total. The van der Waals surface area contributed by atoms with E-state index >= 15 is 0 Å². The first-order chi connectivity index (χ1) is 15.3. The van der Waals surface area contributed by atoms with Gasteiger partial charge in [0.25, 0.3) is 0 Å². The Kier molecular flexibility index (Phi) is 5.38. The molecule has 164 valence electrons. The number of fused-ring (bicyclic) bond motifs is 2. The van der Waals surface area contributed by atoms with E-state index in [1.54, 1.807) is 6.20 Å². The van der Waals surface area contributed by atoms with E-state index in [0.29, 0.717) is 17.5 Å². The van der Waals surface area contributed by atoms with Crippen LogP contribution in [0.4, 0.5) is 0 Å². The molecule has 2 aromatic heterocycles. The summed E-state index contributed by atoms with van der Waals surface area (Å²) >= 11 is 0. The molecule has 0 unspecified atom stereocenters. The number of carbonyl (C=O) groups excluding carboxylic acids is 2. The maximum atomic E-state index is 12.4. The first-order valence-corrected chi connectivity index (χ1v) is 10.3. The molecule has 0 spiro atoms. The Bertz CT molecular complexity index is 1360. The normalized spacial score (nSPS) is 11.6. The van der Waals surface area contributed by atoms with Gasteiger partial charge >= 0.3 is 11.9 Å². The smallest absolute Gasteiger partial charge is 0.340 e. The molecule has 4 aromatic rings. The molecule has 6 nitrogen and oxygen atoms in total. The largest absolute Gasteiger partial charge is 0.465 e. The molecular weight excluding hydrogens is 404 g/mol. The van der Waals surface area contributed by atoms with Gasteiger partial charge < -0.3 is 18.6 Å². The summed E-state index contributed by atoms with van der Waals surface area (Å²) in [6.45, 7) is 8.52. The Morgan fingerprint density at radius 1 is 0.844 bits per heavy atom. The number of carbonyl (C=O) groups is 2. The number of allylic oxidation sites excluding steroid dienone is 1. The molecule has 0 aliphatic rings. The van der Waals surface area contributed by atoms with Crippen LogP contribution in [0.1, 0.15) is 41.0 Å². The van der Waals surface area contributed by atoms with Crippen molar-refractivity contribution < 1.29 is 19.1 Å². The van der Waals surface area contributed by atoms with Crippen molar-refractivity contribution in [3.8, 4) is 0 Å². The third-order valence-corrected chi connectivity index (χ3v) is 5.86. The van der Waals surface area contributed by atoms with Crippen LogP contribution >= 0.6 is 0 Å². The van der Waals surface area contributed by atoms with Crippen LogP contribution in [-0.4, -0.2) is 35.3 Å². The second kappa shape index (κ2) is 8.04. The summed E-state index contributed by atoms with van der Waals surface area (Å²) in [7, 11) is 2.76. The van der Waals surface area contributed by atoms with Crippen LogP contribution in [0.5, 0.6) is 0 Å². The van der Waals surface area contributed by atoms with E-state index in [0.717, 1.165) is 27.5 Å². The monoisotopic (exact) mass is 430 g/mol. The van der Waals surface area contributed by atoms with Gasteiger partial charge in [-0.15, -0.1) is 0 Å². The molecule has 2 aromatic carbocycles. The Balaban J connectivity index is 1.76. The van der Waals surface area contributed by atoms with Crippen LogP contribution in [-0.2, 0) is 15.0 Å². The fraction of sp³-hybridized carbons (Fsp3) is 0.231. The molecule has 0 aliphatic carbocycles. The minimum absolute atomic E-state index is 0.367. The SMILES string of the molecule is C=C(CC(C)(C)n1cc(C(=O)OC)c2ccccc21)n1cc(C(=O)OC)c2ccccc21. The highest BCUT2D eigenvalue weighted by Crippen LogP contribution is 2.34. The average Bonchev–Trinajstić information content (AvgIpc) is 3.38. The van der Waals surface area contributed by atoms with Gasteiger partial charge in [0.05, 0.1) is 30.9 Å². The summed E-state index contributed by atoms with van der Waals surface area (Å²) < 4.78 is 14.0. The fourth-order valence-corrected chi connectivity index (χ4v) is 4.34. The van der Waals surface area contributed by atoms with Gasteiger partial charge in [0.1, 0.15) is 0 Å². The Labute approximate surface area is 186 Å². The van der Waals surface area contributed by atoms with Gasteiger partial charge in [-0.2, -0.15) is 0 Å². The molecule has 2 heterocycles. The number of methoxy groups -OCH3 is 2. The predicted octanol–water partition coefficient (Wildman–Crippen LogP) is 5.47. The third-order valence-electron chi connectivity index (χ3n) is 5.86. The van der Waals surface area contributed by atoms with E-state index in [-0.39, 0.29) is 11.9 Å². The van der Waals surface area contributed by atoms with Gasteiger partial charge in [0.2, 0.25) is 0 Å². The fourth-order valence-electron chi connectivity index (χ4n) is 4.34. The van der Waals surface area contributed by atoms with Crippen LogP contribution in [0.25, 0.3) is 27.5 Å². The van der Waals surface area contributed by atoms with Gasteiger partial charge in [0.15, 0.2) is 0 Å². The van der Waals surface area contributed by atoms with Crippen LogP contribution in [0.3, 0.4) is 0 Å². The zero-order valence-electron chi connectivity index (χ0n) is 18.7. The van der Waals surface area contributed by atoms with Crippen molar-refractivity contribution >= 4 is 39.4 Å². The lowest BCUT2D eigenvalue weighted by Gasteiger charge is -2.29. The zero-order valence-corrected chi connectivity index (χ0v) is 18.7. The van der Waals surface area contributed by atoms with Crippen molar-refractivity contribution in [3.05, 3.63) is 78.6 Å². The lowest BCUT2D eigenvalue weighted by atomic mass is 9.98. The highest BCUT2D eigenvalue weighted by molar-refractivity contribution is 6.05. The first-order valence-electron chi connectivity index (χ1n) is 10.3. The number of hydrogen-bond donors (Lipinski definition) is 0. The van der Waals surface area contributed by atoms with Crippen LogP contribution in [0.2, 0.25) is 0 Å². The summed E-state index contributed by atoms with van der Waals surface area (Å²) in [5.74, 6) is -0.750. The second-order valence-electron chi connectivity index (χ2n) is 8.40.